The lowest BCUT2D eigenvalue weighted by atomic mass is 9.69. The fourth-order valence-electron chi connectivity index (χ4n) is 10.1. The second-order valence-corrected chi connectivity index (χ2v) is 14.5. The summed E-state index contributed by atoms with van der Waals surface area (Å²) in [6.45, 7) is 0. The van der Waals surface area contributed by atoms with Crippen LogP contribution in [0, 0.1) is 0 Å². The third-order valence-corrected chi connectivity index (χ3v) is 12.1. The average Bonchev–Trinajstić information content (AvgIpc) is 3.82. The zero-order valence-corrected chi connectivity index (χ0v) is 28.5. The van der Waals surface area contributed by atoms with E-state index in [1.54, 1.807) is 0 Å². The molecule has 0 N–H and O–H groups in total. The largest absolute Gasteiger partial charge is 0.309 e. The van der Waals surface area contributed by atoms with E-state index in [-0.39, 0.29) is 5.41 Å². The first kappa shape index (κ1) is 28.2. The number of rotatable bonds is 2. The Bertz CT molecular complexity index is 3030. The van der Waals surface area contributed by atoms with Gasteiger partial charge in [-0.3, -0.25) is 0 Å². The lowest BCUT2D eigenvalue weighted by molar-refractivity contribution is 0.781. The fraction of sp³-hybridized carbons (Fsp3) is 0.0600. The Morgan fingerprint density at radius 3 is 2.02 bits per heavy atom. The van der Waals surface area contributed by atoms with Crippen molar-refractivity contribution in [3.63, 3.8) is 0 Å². The molecule has 0 fully saturated rings. The number of benzene rings is 7. The van der Waals surface area contributed by atoms with Gasteiger partial charge >= 0.3 is 0 Å². The molecular formula is C50H32N2. The third kappa shape index (κ3) is 3.47. The maximum Gasteiger partial charge on any atom is 0.0795 e. The van der Waals surface area contributed by atoms with Crippen LogP contribution in [0.4, 0.5) is 0 Å². The topological polar surface area (TPSA) is 17.8 Å². The summed E-state index contributed by atoms with van der Waals surface area (Å²) < 4.78 is 2.41. The van der Waals surface area contributed by atoms with Gasteiger partial charge in [0.05, 0.1) is 27.7 Å². The molecular weight excluding hydrogens is 629 g/mol. The van der Waals surface area contributed by atoms with Gasteiger partial charge in [0.1, 0.15) is 0 Å². The first-order valence-corrected chi connectivity index (χ1v) is 18.4. The predicted octanol–water partition coefficient (Wildman–Crippen LogP) is 12.6. The smallest absolute Gasteiger partial charge is 0.0795 e. The zero-order chi connectivity index (χ0) is 34.0. The van der Waals surface area contributed by atoms with Crippen LogP contribution in [0.2, 0.25) is 0 Å². The lowest BCUT2D eigenvalue weighted by Gasteiger charge is -2.32. The molecule has 1 unspecified atom stereocenters. The van der Waals surface area contributed by atoms with Gasteiger partial charge in [0.2, 0.25) is 0 Å². The van der Waals surface area contributed by atoms with Gasteiger partial charge in [-0.15, -0.1) is 0 Å². The van der Waals surface area contributed by atoms with E-state index in [1.807, 2.05) is 0 Å². The first-order valence-electron chi connectivity index (χ1n) is 18.4. The Morgan fingerprint density at radius 2 is 1.21 bits per heavy atom. The fourth-order valence-corrected chi connectivity index (χ4v) is 10.1. The van der Waals surface area contributed by atoms with Crippen LogP contribution >= 0.6 is 0 Å². The molecule has 3 aliphatic rings. The molecule has 0 saturated heterocycles. The van der Waals surface area contributed by atoms with Crippen LogP contribution in [0.25, 0.3) is 77.1 Å². The standard InChI is InChI=1S/C50H32N2/c1-7-22-40-33(16-1)34-17-2-8-23-41(34)50(40)42-24-9-3-21-39(42)47-43(50)29-28-38-35-18-4-10-25-44(35)51-49(48(38)47)31-14-13-15-32(30-31)52-45-26-11-5-19-36(45)37-20-6-12-27-46(37)52/h1,3-16,18-30H,2,17H2. The van der Waals surface area contributed by atoms with Crippen molar-refractivity contribution in [2.45, 2.75) is 18.3 Å². The summed E-state index contributed by atoms with van der Waals surface area (Å²) in [6.07, 6.45) is 6.97. The highest BCUT2D eigenvalue weighted by Crippen LogP contribution is 2.64. The van der Waals surface area contributed by atoms with E-state index in [0.717, 1.165) is 35.3 Å². The summed E-state index contributed by atoms with van der Waals surface area (Å²) in [4.78, 5) is 5.58. The molecule has 2 heteroatoms. The molecule has 12 rings (SSSR count). The molecule has 0 amide bonds. The maximum absolute atomic E-state index is 5.58. The molecule has 242 valence electrons. The van der Waals surface area contributed by atoms with Crippen molar-refractivity contribution < 1.29 is 0 Å². The molecule has 1 atom stereocenters. The molecule has 52 heavy (non-hydrogen) atoms. The van der Waals surface area contributed by atoms with Gasteiger partial charge in [-0.25, -0.2) is 4.98 Å². The van der Waals surface area contributed by atoms with Crippen LogP contribution in [0.15, 0.2) is 175 Å². The van der Waals surface area contributed by atoms with E-state index in [0.29, 0.717) is 0 Å². The summed E-state index contributed by atoms with van der Waals surface area (Å²) in [5.74, 6) is 0. The molecule has 2 heterocycles. The number of fused-ring (bicyclic) bond motifs is 16. The molecule has 1 spiro atoms. The molecule has 0 aliphatic heterocycles. The van der Waals surface area contributed by atoms with Crippen LogP contribution in [0.3, 0.4) is 0 Å². The van der Waals surface area contributed by atoms with Crippen molar-refractivity contribution in [1.29, 1.82) is 0 Å². The van der Waals surface area contributed by atoms with Crippen molar-refractivity contribution in [2.24, 2.45) is 0 Å². The molecule has 0 saturated carbocycles. The normalized spacial score (nSPS) is 17.0. The minimum atomic E-state index is -0.364. The Morgan fingerprint density at radius 1 is 0.538 bits per heavy atom. The van der Waals surface area contributed by atoms with E-state index in [1.165, 1.54) is 82.5 Å². The van der Waals surface area contributed by atoms with Crippen molar-refractivity contribution in [1.82, 2.24) is 9.55 Å². The van der Waals surface area contributed by atoms with Crippen molar-refractivity contribution >= 4 is 49.1 Å². The van der Waals surface area contributed by atoms with Gasteiger partial charge in [-0.1, -0.05) is 140 Å². The first-order chi connectivity index (χ1) is 25.8. The molecule has 7 aromatic carbocycles. The third-order valence-electron chi connectivity index (χ3n) is 12.1. The van der Waals surface area contributed by atoms with Crippen molar-refractivity contribution in [2.75, 3.05) is 0 Å². The Balaban J connectivity index is 1.21. The average molecular weight is 661 g/mol. The molecule has 2 aromatic heterocycles. The van der Waals surface area contributed by atoms with Gasteiger partial charge in [-0.2, -0.15) is 0 Å². The highest BCUT2D eigenvalue weighted by Gasteiger charge is 2.52. The van der Waals surface area contributed by atoms with E-state index in [2.05, 4.69) is 174 Å². The minimum Gasteiger partial charge on any atom is -0.309 e. The van der Waals surface area contributed by atoms with Crippen LogP contribution in [-0.2, 0) is 5.41 Å². The number of pyridine rings is 1. The lowest BCUT2D eigenvalue weighted by Crippen LogP contribution is -2.27. The van der Waals surface area contributed by atoms with Crippen LogP contribution in [0.1, 0.15) is 35.1 Å². The van der Waals surface area contributed by atoms with Gasteiger partial charge < -0.3 is 4.57 Å². The van der Waals surface area contributed by atoms with Crippen molar-refractivity contribution in [3.05, 3.63) is 198 Å². The van der Waals surface area contributed by atoms with E-state index in [9.17, 15) is 0 Å². The number of para-hydroxylation sites is 3. The molecule has 2 nitrogen and oxygen atoms in total. The summed E-state index contributed by atoms with van der Waals surface area (Å²) in [7, 11) is 0. The SMILES string of the molecule is C1=CC2=C(CC1)c1ccccc1C21c2ccccc2-c2c1ccc1c2c(-c2cccc(-n3c4ccccc4c4ccccc43)c2)nc2ccccc21. The van der Waals surface area contributed by atoms with E-state index < -0.39 is 0 Å². The highest BCUT2D eigenvalue weighted by atomic mass is 15.0. The Labute approximate surface area is 301 Å². The van der Waals surface area contributed by atoms with Crippen LogP contribution in [0.5, 0.6) is 0 Å². The quantitative estimate of drug-likeness (QED) is 0.169. The number of nitrogens with zero attached hydrogens (tertiary/aromatic N) is 2. The second kappa shape index (κ2) is 10.3. The summed E-state index contributed by atoms with van der Waals surface area (Å²) in [5, 5.41) is 6.18. The zero-order valence-electron chi connectivity index (χ0n) is 28.5. The Hall–Kier alpha value is -6.51. The second-order valence-electron chi connectivity index (χ2n) is 14.5. The summed E-state index contributed by atoms with van der Waals surface area (Å²) >= 11 is 0. The molecule has 0 radical (unpaired) electrons. The van der Waals surface area contributed by atoms with Crippen LogP contribution in [-0.4, -0.2) is 9.55 Å². The number of allylic oxidation sites excluding steroid dienone is 4. The highest BCUT2D eigenvalue weighted by molar-refractivity contribution is 6.19. The number of aromatic nitrogens is 2. The maximum atomic E-state index is 5.58. The Kier molecular flexibility index (Phi) is 5.58. The van der Waals surface area contributed by atoms with Gasteiger partial charge in [0, 0.05) is 32.8 Å². The van der Waals surface area contributed by atoms with Gasteiger partial charge in [-0.05, 0) is 93.1 Å². The van der Waals surface area contributed by atoms with Crippen molar-refractivity contribution in [3.8, 4) is 28.1 Å². The van der Waals surface area contributed by atoms with E-state index in [4.69, 9.17) is 4.98 Å². The molecule has 3 aliphatic carbocycles. The number of hydrogen-bond donors (Lipinski definition) is 0. The van der Waals surface area contributed by atoms with Gasteiger partial charge in [0.25, 0.3) is 0 Å². The molecule has 9 aromatic rings. The summed E-state index contributed by atoms with van der Waals surface area (Å²) in [6, 6.07) is 58.3. The van der Waals surface area contributed by atoms with Crippen LogP contribution < -0.4 is 0 Å². The summed E-state index contributed by atoms with van der Waals surface area (Å²) in [5.41, 5.74) is 17.4. The minimum absolute atomic E-state index is 0.364. The predicted molar refractivity (Wildman–Crippen MR) is 216 cm³/mol. The number of hydrogen-bond acceptors (Lipinski definition) is 1. The van der Waals surface area contributed by atoms with Gasteiger partial charge in [0.15, 0.2) is 0 Å². The molecule has 0 bridgehead atoms. The monoisotopic (exact) mass is 660 g/mol. The van der Waals surface area contributed by atoms with E-state index >= 15 is 0 Å².